The first-order valence-electron chi connectivity index (χ1n) is 14.7. The van der Waals surface area contributed by atoms with E-state index in [1.54, 1.807) is 24.1 Å². The van der Waals surface area contributed by atoms with Crippen LogP contribution in [0.1, 0.15) is 102 Å². The number of rotatable bonds is 12. The predicted octanol–water partition coefficient (Wildman–Crippen LogP) is 6.05. The third-order valence-electron chi connectivity index (χ3n) is 8.09. The molecule has 10 heteroatoms. The zero-order valence-electron chi connectivity index (χ0n) is 24.1. The normalized spacial score (nSPS) is 17.3. The summed E-state index contributed by atoms with van der Waals surface area (Å²) in [6.07, 6.45) is 9.86. The predicted molar refractivity (Wildman–Crippen MR) is 158 cm³/mol. The molecule has 42 heavy (non-hydrogen) atoms. The maximum atomic E-state index is 12.4. The van der Waals surface area contributed by atoms with Crippen LogP contribution in [-0.2, 0) is 22.4 Å². The second kappa shape index (κ2) is 17.0. The number of halogens is 1. The quantitative estimate of drug-likeness (QED) is 0.132. The Kier molecular flexibility index (Phi) is 13.4. The third-order valence-corrected chi connectivity index (χ3v) is 8.32. The molecule has 2 atom stereocenters. The van der Waals surface area contributed by atoms with Gasteiger partial charge >= 0.3 is 0 Å². The number of ether oxygens (including phenoxy) is 1. The Morgan fingerprint density at radius 2 is 1.29 bits per heavy atom. The van der Waals surface area contributed by atoms with Gasteiger partial charge < -0.3 is 4.74 Å². The van der Waals surface area contributed by atoms with Gasteiger partial charge in [-0.05, 0) is 98.9 Å². The molecule has 2 amide bonds. The van der Waals surface area contributed by atoms with Gasteiger partial charge in [-0.2, -0.15) is 0 Å². The lowest BCUT2D eigenvalue weighted by atomic mass is 9.80. The van der Waals surface area contributed by atoms with Crippen molar-refractivity contribution in [3.05, 3.63) is 63.7 Å². The maximum absolute atomic E-state index is 12.4. The van der Waals surface area contributed by atoms with Crippen molar-refractivity contribution >= 4 is 35.0 Å². The van der Waals surface area contributed by atoms with Gasteiger partial charge in [0.2, 0.25) is 11.8 Å². The molecule has 2 aromatic carbocycles. The van der Waals surface area contributed by atoms with Crippen LogP contribution in [0.25, 0.3) is 0 Å². The number of methoxy groups -OCH3 is 1. The van der Waals surface area contributed by atoms with E-state index in [4.69, 9.17) is 26.8 Å². The highest BCUT2D eigenvalue weighted by atomic mass is 35.5. The number of hydrogen-bond donors (Lipinski definition) is 4. The Morgan fingerprint density at radius 1 is 0.786 bits per heavy atom. The van der Waals surface area contributed by atoms with Gasteiger partial charge in [0.05, 0.1) is 7.11 Å². The summed E-state index contributed by atoms with van der Waals surface area (Å²) in [6.45, 7) is 0. The van der Waals surface area contributed by atoms with Crippen molar-refractivity contribution in [2.75, 3.05) is 7.11 Å². The molecule has 9 nitrogen and oxygen atoms in total. The minimum Gasteiger partial charge on any atom is -0.497 e. The van der Waals surface area contributed by atoms with Crippen molar-refractivity contribution < 1.29 is 34.3 Å². The number of carbonyl (C=O) groups is 4. The summed E-state index contributed by atoms with van der Waals surface area (Å²) in [6, 6.07) is 11.1. The summed E-state index contributed by atoms with van der Waals surface area (Å²) in [5, 5.41) is 17.5. The van der Waals surface area contributed by atoms with Gasteiger partial charge in [-0.3, -0.25) is 29.6 Å². The molecule has 0 saturated carbocycles. The molecule has 2 aliphatic rings. The lowest BCUT2D eigenvalue weighted by Crippen LogP contribution is -2.23. The summed E-state index contributed by atoms with van der Waals surface area (Å²) in [7, 11) is 1.62. The number of fused-ring (bicyclic) bond motifs is 2. The van der Waals surface area contributed by atoms with Crippen LogP contribution >= 0.6 is 11.6 Å². The number of Topliss-reactive ketones (excluding diaryl/α,β-unsaturated/α-hetero) is 2. The zero-order chi connectivity index (χ0) is 30.5. The average Bonchev–Trinajstić information content (AvgIpc) is 3.00. The van der Waals surface area contributed by atoms with Crippen LogP contribution in [-0.4, -0.2) is 40.9 Å². The molecule has 0 spiro atoms. The van der Waals surface area contributed by atoms with Gasteiger partial charge in [-0.1, -0.05) is 30.9 Å². The van der Waals surface area contributed by atoms with Crippen molar-refractivity contribution in [3.8, 4) is 5.75 Å². The first-order chi connectivity index (χ1) is 20.3. The Bertz CT molecular complexity index is 1250. The van der Waals surface area contributed by atoms with Gasteiger partial charge in [0.1, 0.15) is 5.75 Å². The number of nitrogens with one attached hydrogen (secondary N) is 2. The second-order valence-electron chi connectivity index (χ2n) is 10.9. The summed E-state index contributed by atoms with van der Waals surface area (Å²) in [4.78, 5) is 46.6. The van der Waals surface area contributed by atoms with Gasteiger partial charge in [-0.25, -0.2) is 11.0 Å². The van der Waals surface area contributed by atoms with Crippen LogP contribution in [0.3, 0.4) is 0 Å². The molecule has 2 unspecified atom stereocenters. The van der Waals surface area contributed by atoms with E-state index in [0.29, 0.717) is 24.3 Å². The van der Waals surface area contributed by atoms with E-state index < -0.39 is 0 Å². The van der Waals surface area contributed by atoms with Crippen LogP contribution in [0.4, 0.5) is 0 Å². The third kappa shape index (κ3) is 9.64. The number of carbonyl (C=O) groups excluding carboxylic acids is 4. The number of aryl methyl sites for hydroxylation is 2. The van der Waals surface area contributed by atoms with E-state index in [1.165, 1.54) is 0 Å². The number of benzene rings is 2. The number of unbranched alkanes of at least 4 members (excludes halogenated alkanes) is 3. The number of ketones is 2. The molecular formula is C32H41ClN2O7. The standard InChI is InChI=1S/C16H20ClNO3.C16H21NO4/c17-13-8-9-14-12(10-13)7-6-11(16(14)20)4-2-1-3-5-15(19)18-21;1-21-13-8-9-14-12(10-13)7-6-11(16(14)19)4-2-3-5-15(18)17-20/h8-11,21H,1-7H2,(H,18,19);8-11,20H,2-7H2,1H3,(H,17,18). The average molecular weight is 601 g/mol. The van der Waals surface area contributed by atoms with Gasteiger partial charge in [0.15, 0.2) is 11.6 Å². The summed E-state index contributed by atoms with van der Waals surface area (Å²) in [5.41, 5.74) is 6.99. The first kappa shape index (κ1) is 33.2. The van der Waals surface area contributed by atoms with Crippen LogP contribution in [0.5, 0.6) is 5.75 Å². The molecule has 4 N–H and O–H groups in total. The molecule has 2 aliphatic carbocycles. The molecule has 2 aromatic rings. The number of hydroxylamine groups is 2. The van der Waals surface area contributed by atoms with E-state index in [2.05, 4.69) is 0 Å². The van der Waals surface area contributed by atoms with Gasteiger partial charge in [0, 0.05) is 40.8 Å². The fraction of sp³-hybridized carbons (Fsp3) is 0.500. The zero-order valence-corrected chi connectivity index (χ0v) is 24.9. The largest absolute Gasteiger partial charge is 0.497 e. The number of hydrogen-bond acceptors (Lipinski definition) is 7. The molecule has 4 rings (SSSR count). The van der Waals surface area contributed by atoms with E-state index in [9.17, 15) is 19.2 Å². The molecule has 0 saturated heterocycles. The molecule has 0 bridgehead atoms. The maximum Gasteiger partial charge on any atom is 0.243 e. The second-order valence-corrected chi connectivity index (χ2v) is 11.4. The minimum atomic E-state index is -0.373. The summed E-state index contributed by atoms with van der Waals surface area (Å²) < 4.78 is 5.19. The van der Waals surface area contributed by atoms with Crippen LogP contribution < -0.4 is 15.7 Å². The summed E-state index contributed by atoms with van der Waals surface area (Å²) >= 11 is 5.95. The van der Waals surface area contributed by atoms with E-state index >= 15 is 0 Å². The highest BCUT2D eigenvalue weighted by Crippen LogP contribution is 2.32. The van der Waals surface area contributed by atoms with E-state index in [-0.39, 0.29) is 35.2 Å². The summed E-state index contributed by atoms with van der Waals surface area (Å²) in [5.74, 6) is 0.618. The Morgan fingerprint density at radius 3 is 1.83 bits per heavy atom. The lowest BCUT2D eigenvalue weighted by molar-refractivity contribution is -0.130. The van der Waals surface area contributed by atoms with Crippen molar-refractivity contribution in [1.29, 1.82) is 0 Å². The van der Waals surface area contributed by atoms with Crippen molar-refractivity contribution in [3.63, 3.8) is 0 Å². The molecule has 0 aliphatic heterocycles. The van der Waals surface area contributed by atoms with Crippen LogP contribution in [0.2, 0.25) is 5.02 Å². The molecule has 0 radical (unpaired) electrons. The molecule has 228 valence electrons. The molecular weight excluding hydrogens is 560 g/mol. The smallest absolute Gasteiger partial charge is 0.243 e. The van der Waals surface area contributed by atoms with Gasteiger partial charge in [0.25, 0.3) is 0 Å². The van der Waals surface area contributed by atoms with Crippen LogP contribution in [0, 0.1) is 11.8 Å². The van der Waals surface area contributed by atoms with E-state index in [0.717, 1.165) is 92.2 Å². The fourth-order valence-corrected chi connectivity index (χ4v) is 5.90. The fourth-order valence-electron chi connectivity index (χ4n) is 5.71. The van der Waals surface area contributed by atoms with Crippen molar-refractivity contribution in [1.82, 2.24) is 11.0 Å². The SMILES string of the molecule is COc1ccc2c(c1)CCC(CCCCC(=O)NO)C2=O.O=C(CCCCCC1CCc2cc(Cl)ccc2C1=O)NO. The molecule has 0 aromatic heterocycles. The Labute approximate surface area is 251 Å². The minimum absolute atomic E-state index is 0.0445. The highest BCUT2D eigenvalue weighted by molar-refractivity contribution is 6.30. The topological polar surface area (TPSA) is 142 Å². The molecule has 0 heterocycles. The first-order valence-corrected chi connectivity index (χ1v) is 15.0. The lowest BCUT2D eigenvalue weighted by Gasteiger charge is -2.23. The van der Waals surface area contributed by atoms with Crippen molar-refractivity contribution in [2.45, 2.75) is 83.5 Å². The Hall–Kier alpha value is -3.27. The molecule has 0 fully saturated rings. The van der Waals surface area contributed by atoms with Gasteiger partial charge in [-0.15, -0.1) is 0 Å². The highest BCUT2D eigenvalue weighted by Gasteiger charge is 2.28. The number of amides is 2. The van der Waals surface area contributed by atoms with E-state index in [1.807, 2.05) is 30.3 Å². The Balaban J connectivity index is 0.000000230. The van der Waals surface area contributed by atoms with Crippen LogP contribution in [0.15, 0.2) is 36.4 Å². The van der Waals surface area contributed by atoms with Crippen molar-refractivity contribution in [2.24, 2.45) is 11.8 Å². The monoisotopic (exact) mass is 600 g/mol.